The molecule has 3 rings (SSSR count). The summed E-state index contributed by atoms with van der Waals surface area (Å²) in [7, 11) is -2.04. The van der Waals surface area contributed by atoms with Crippen molar-refractivity contribution in [3.63, 3.8) is 0 Å². The Morgan fingerprint density at radius 3 is 2.30 bits per heavy atom. The van der Waals surface area contributed by atoms with Crippen molar-refractivity contribution in [1.82, 2.24) is 9.62 Å². The molecule has 8 heteroatoms. The summed E-state index contributed by atoms with van der Waals surface area (Å²) >= 11 is 0. The Morgan fingerprint density at radius 2 is 1.70 bits per heavy atom. The van der Waals surface area contributed by atoms with Crippen LogP contribution in [0.25, 0.3) is 0 Å². The number of amides is 1. The zero-order valence-corrected chi connectivity index (χ0v) is 18.1. The fraction of sp³-hybridized carbons (Fsp3) is 0.409. The molecular weight excluding hydrogens is 404 g/mol. The van der Waals surface area contributed by atoms with E-state index in [1.165, 1.54) is 11.4 Å². The number of para-hydroxylation sites is 1. The number of hydrogen-bond acceptors (Lipinski definition) is 5. The Morgan fingerprint density at radius 1 is 1.07 bits per heavy atom. The molecule has 162 valence electrons. The molecule has 1 saturated heterocycles. The van der Waals surface area contributed by atoms with E-state index < -0.39 is 10.0 Å². The van der Waals surface area contributed by atoms with Crippen LogP contribution in [0.5, 0.6) is 11.5 Å². The number of piperidine rings is 1. The van der Waals surface area contributed by atoms with Gasteiger partial charge in [-0.15, -0.1) is 0 Å². The van der Waals surface area contributed by atoms with Crippen LogP contribution in [0.15, 0.2) is 59.5 Å². The average Bonchev–Trinajstić information content (AvgIpc) is 2.78. The molecule has 1 aliphatic heterocycles. The van der Waals surface area contributed by atoms with Crippen LogP contribution in [0.4, 0.5) is 0 Å². The van der Waals surface area contributed by atoms with Gasteiger partial charge in [-0.3, -0.25) is 4.79 Å². The minimum absolute atomic E-state index is 0.0549. The highest BCUT2D eigenvalue weighted by molar-refractivity contribution is 7.89. The van der Waals surface area contributed by atoms with Crippen molar-refractivity contribution in [2.24, 2.45) is 5.92 Å². The summed E-state index contributed by atoms with van der Waals surface area (Å²) in [6, 6.07) is 15.7. The van der Waals surface area contributed by atoms with Crippen molar-refractivity contribution >= 4 is 15.9 Å². The van der Waals surface area contributed by atoms with Gasteiger partial charge in [0, 0.05) is 19.0 Å². The molecule has 1 aliphatic rings. The van der Waals surface area contributed by atoms with E-state index in [2.05, 4.69) is 5.32 Å². The van der Waals surface area contributed by atoms with Crippen LogP contribution in [0.2, 0.25) is 0 Å². The molecule has 0 spiro atoms. The fourth-order valence-electron chi connectivity index (χ4n) is 3.40. The third-order valence-corrected chi connectivity index (χ3v) is 7.07. The molecule has 1 heterocycles. The van der Waals surface area contributed by atoms with Crippen LogP contribution < -0.4 is 14.8 Å². The van der Waals surface area contributed by atoms with Gasteiger partial charge < -0.3 is 14.8 Å². The smallest absolute Gasteiger partial charge is 0.243 e. The lowest BCUT2D eigenvalue weighted by Crippen LogP contribution is -2.45. The largest absolute Gasteiger partial charge is 0.497 e. The third-order valence-electron chi connectivity index (χ3n) is 5.15. The van der Waals surface area contributed by atoms with Gasteiger partial charge in [0.25, 0.3) is 0 Å². The molecule has 1 N–H and O–H groups in total. The number of hydrogen-bond donors (Lipinski definition) is 1. The van der Waals surface area contributed by atoms with Crippen molar-refractivity contribution in [1.29, 1.82) is 0 Å². The summed E-state index contributed by atoms with van der Waals surface area (Å²) in [5.74, 6) is 1.11. The van der Waals surface area contributed by atoms with Gasteiger partial charge >= 0.3 is 0 Å². The van der Waals surface area contributed by atoms with E-state index in [0.29, 0.717) is 38.3 Å². The number of nitrogens with one attached hydrogen (secondary N) is 1. The summed E-state index contributed by atoms with van der Waals surface area (Å²) in [5.41, 5.74) is 0. The van der Waals surface area contributed by atoms with Crippen LogP contribution in [-0.4, -0.2) is 51.5 Å². The van der Waals surface area contributed by atoms with E-state index in [1.807, 2.05) is 37.3 Å². The van der Waals surface area contributed by atoms with Gasteiger partial charge in [-0.05, 0) is 56.2 Å². The van der Waals surface area contributed by atoms with E-state index in [9.17, 15) is 13.2 Å². The van der Waals surface area contributed by atoms with Gasteiger partial charge in [0.1, 0.15) is 18.1 Å². The number of carbonyl (C=O) groups excluding carboxylic acids is 1. The lowest BCUT2D eigenvalue weighted by atomic mass is 9.97. The average molecular weight is 433 g/mol. The molecule has 0 radical (unpaired) electrons. The summed E-state index contributed by atoms with van der Waals surface area (Å²) in [6.45, 7) is 2.91. The van der Waals surface area contributed by atoms with Crippen LogP contribution in [0.3, 0.4) is 0 Å². The van der Waals surface area contributed by atoms with Gasteiger partial charge in [-0.2, -0.15) is 4.31 Å². The highest BCUT2D eigenvalue weighted by Crippen LogP contribution is 2.25. The molecular formula is C22H28N2O5S. The summed E-state index contributed by atoms with van der Waals surface area (Å²) < 4.78 is 37.9. The van der Waals surface area contributed by atoms with Crippen molar-refractivity contribution in [2.75, 3.05) is 26.8 Å². The Hall–Kier alpha value is -2.58. The first kappa shape index (κ1) is 22.1. The second-order valence-electron chi connectivity index (χ2n) is 7.39. The minimum atomic E-state index is -3.57. The van der Waals surface area contributed by atoms with Crippen molar-refractivity contribution in [3.05, 3.63) is 54.6 Å². The van der Waals surface area contributed by atoms with Crippen molar-refractivity contribution in [3.8, 4) is 11.5 Å². The van der Waals surface area contributed by atoms with Gasteiger partial charge in [-0.25, -0.2) is 8.42 Å². The molecule has 0 saturated carbocycles. The summed E-state index contributed by atoms with van der Waals surface area (Å²) in [4.78, 5) is 12.8. The maximum atomic E-state index is 12.8. The normalized spacial score (nSPS) is 16.6. The molecule has 1 atom stereocenters. The zero-order valence-electron chi connectivity index (χ0n) is 17.3. The molecule has 0 aliphatic carbocycles. The standard InChI is InChI=1S/C22H28N2O5S/c1-17(16-29-20-6-4-3-5-7-20)23-22(25)18-12-14-24(15-13-18)30(26,27)21-10-8-19(28-2)9-11-21/h3-11,17-18H,12-16H2,1-2H3,(H,23,25)/t17-/m0/s1. The molecule has 1 fully saturated rings. The summed E-state index contributed by atoms with van der Waals surface area (Å²) in [6.07, 6.45) is 0.987. The minimum Gasteiger partial charge on any atom is -0.497 e. The predicted molar refractivity (Wildman–Crippen MR) is 114 cm³/mol. The Bertz CT molecular complexity index is 924. The highest BCUT2D eigenvalue weighted by Gasteiger charge is 2.32. The first-order valence-electron chi connectivity index (χ1n) is 10.0. The van der Waals surface area contributed by atoms with E-state index in [-0.39, 0.29) is 22.8 Å². The fourth-order valence-corrected chi connectivity index (χ4v) is 4.87. The number of benzene rings is 2. The number of carbonyl (C=O) groups is 1. The van der Waals surface area contributed by atoms with E-state index in [1.54, 1.807) is 24.3 Å². The van der Waals surface area contributed by atoms with Crippen molar-refractivity contribution in [2.45, 2.75) is 30.7 Å². The van der Waals surface area contributed by atoms with E-state index >= 15 is 0 Å². The monoisotopic (exact) mass is 432 g/mol. The highest BCUT2D eigenvalue weighted by atomic mass is 32.2. The molecule has 0 aromatic heterocycles. The van der Waals surface area contributed by atoms with Gasteiger partial charge in [0.05, 0.1) is 18.0 Å². The molecule has 1 amide bonds. The van der Waals surface area contributed by atoms with E-state index in [4.69, 9.17) is 9.47 Å². The van der Waals surface area contributed by atoms with Crippen LogP contribution in [0.1, 0.15) is 19.8 Å². The third kappa shape index (κ3) is 5.52. The zero-order chi connectivity index (χ0) is 21.6. The maximum absolute atomic E-state index is 12.8. The Balaban J connectivity index is 1.48. The van der Waals surface area contributed by atoms with E-state index in [0.717, 1.165) is 5.75 Å². The number of ether oxygens (including phenoxy) is 2. The number of rotatable bonds is 8. The first-order chi connectivity index (χ1) is 14.4. The first-order valence-corrected chi connectivity index (χ1v) is 11.5. The number of sulfonamides is 1. The lowest BCUT2D eigenvalue weighted by Gasteiger charge is -2.31. The Kier molecular flexibility index (Phi) is 7.33. The molecule has 30 heavy (non-hydrogen) atoms. The molecule has 2 aromatic rings. The number of nitrogens with zero attached hydrogens (tertiary/aromatic N) is 1. The van der Waals surface area contributed by atoms with Crippen LogP contribution >= 0.6 is 0 Å². The maximum Gasteiger partial charge on any atom is 0.243 e. The van der Waals surface area contributed by atoms with Crippen LogP contribution in [-0.2, 0) is 14.8 Å². The molecule has 2 aromatic carbocycles. The number of methoxy groups -OCH3 is 1. The van der Waals surface area contributed by atoms with Gasteiger partial charge in [0.15, 0.2) is 0 Å². The van der Waals surface area contributed by atoms with Gasteiger partial charge in [0.2, 0.25) is 15.9 Å². The lowest BCUT2D eigenvalue weighted by molar-refractivity contribution is -0.126. The van der Waals surface area contributed by atoms with Gasteiger partial charge in [-0.1, -0.05) is 18.2 Å². The molecule has 7 nitrogen and oxygen atoms in total. The Labute approximate surface area is 178 Å². The molecule has 0 unspecified atom stereocenters. The van der Waals surface area contributed by atoms with Crippen molar-refractivity contribution < 1.29 is 22.7 Å². The van der Waals surface area contributed by atoms with Crippen LogP contribution in [0, 0.1) is 5.92 Å². The SMILES string of the molecule is COc1ccc(S(=O)(=O)N2CCC(C(=O)N[C@@H](C)COc3ccccc3)CC2)cc1. The topological polar surface area (TPSA) is 84.9 Å². The second kappa shape index (κ2) is 9.95. The second-order valence-corrected chi connectivity index (χ2v) is 9.33. The molecule has 0 bridgehead atoms. The predicted octanol–water partition coefficient (Wildman–Crippen LogP) is 2.68. The summed E-state index contributed by atoms with van der Waals surface area (Å²) in [5, 5.41) is 2.97. The quantitative estimate of drug-likeness (QED) is 0.693.